The summed E-state index contributed by atoms with van der Waals surface area (Å²) in [5, 5.41) is 18.7. The second-order valence-electron chi connectivity index (χ2n) is 8.73. The highest BCUT2D eigenvalue weighted by atomic mass is 35.5. The minimum atomic E-state index is -1.07. The summed E-state index contributed by atoms with van der Waals surface area (Å²) in [5.74, 6) is -1.79. The number of aliphatic carboxylic acids is 1. The fourth-order valence-electron chi connectivity index (χ4n) is 4.37. The van der Waals surface area contributed by atoms with Gasteiger partial charge in [-0.15, -0.1) is 11.3 Å². The summed E-state index contributed by atoms with van der Waals surface area (Å²) in [6, 6.07) is 12.2. The number of rotatable bonds is 7. The number of halogens is 3. The number of carbonyl (C=O) groups excluding carboxylic acids is 2. The number of hydrogen-bond donors (Lipinski definition) is 4. The topological polar surface area (TPSA) is 108 Å². The van der Waals surface area contributed by atoms with E-state index >= 15 is 0 Å². The van der Waals surface area contributed by atoms with Crippen molar-refractivity contribution in [2.24, 2.45) is 5.92 Å². The van der Waals surface area contributed by atoms with E-state index in [0.717, 1.165) is 42.5 Å². The Kier molecular flexibility index (Phi) is 8.97. The van der Waals surface area contributed by atoms with Crippen molar-refractivity contribution in [3.05, 3.63) is 69.2 Å². The normalized spacial score (nSPS) is 14.6. The van der Waals surface area contributed by atoms with Crippen LogP contribution in [0.25, 0.3) is 10.4 Å². The average Bonchev–Trinajstić information content (AvgIpc) is 3.29. The van der Waals surface area contributed by atoms with Gasteiger partial charge in [0.2, 0.25) is 0 Å². The Labute approximate surface area is 233 Å². The molecule has 1 fully saturated rings. The first-order chi connectivity index (χ1) is 17.7. The molecule has 1 unspecified atom stereocenters. The van der Waals surface area contributed by atoms with Gasteiger partial charge in [0.05, 0.1) is 21.3 Å². The molecule has 3 aromatic rings. The number of thiophene rings is 1. The molecule has 0 radical (unpaired) electrons. The number of nitrogens with one attached hydrogen (secondary N) is 3. The Balaban J connectivity index is 1.61. The zero-order valence-corrected chi connectivity index (χ0v) is 22.6. The molecule has 1 aromatic heterocycles. The summed E-state index contributed by atoms with van der Waals surface area (Å²) in [4.78, 5) is 39.0. The molecule has 4 N–H and O–H groups in total. The molecule has 37 heavy (non-hydrogen) atoms. The molecule has 0 bridgehead atoms. The second-order valence-corrected chi connectivity index (χ2v) is 11.0. The van der Waals surface area contributed by atoms with Crippen molar-refractivity contribution in [1.82, 2.24) is 5.32 Å². The van der Waals surface area contributed by atoms with Crippen LogP contribution in [-0.4, -0.2) is 29.1 Å². The first-order valence-electron chi connectivity index (χ1n) is 11.7. The lowest BCUT2D eigenvalue weighted by Gasteiger charge is -2.28. The Hall–Kier alpha value is -2.78. The molecule has 194 valence electrons. The molecule has 1 atom stereocenters. The van der Waals surface area contributed by atoms with Gasteiger partial charge in [-0.3, -0.25) is 10.1 Å². The molecule has 11 heteroatoms. The highest BCUT2D eigenvalue weighted by Crippen LogP contribution is 2.37. The summed E-state index contributed by atoms with van der Waals surface area (Å²) in [5.41, 5.74) is 1.18. The first-order valence-corrected chi connectivity index (χ1v) is 13.6. The first kappa shape index (κ1) is 27.3. The maximum absolute atomic E-state index is 13.4. The Bertz CT molecular complexity index is 1290. The van der Waals surface area contributed by atoms with Gasteiger partial charge < -0.3 is 15.7 Å². The standard InChI is InChI=1S/C26H24Cl3N3O4S/c27-16-11-18(28)22(19(29)12-16)31-26(36)32-24-17(13-20(37-24)14-7-3-1-4-8-14)23(33)30-21(25(34)35)15-9-5-2-6-10-15/h1,3-4,7-8,11-13,15,21H,2,5-6,9-10H2,(H,30,33)(H,34,35)(H2,31,32,36). The lowest BCUT2D eigenvalue weighted by Crippen LogP contribution is -2.46. The van der Waals surface area contributed by atoms with Gasteiger partial charge in [0.15, 0.2) is 0 Å². The summed E-state index contributed by atoms with van der Waals surface area (Å²) in [7, 11) is 0. The number of carbonyl (C=O) groups is 3. The maximum atomic E-state index is 13.4. The van der Waals surface area contributed by atoms with Crippen LogP contribution in [0.2, 0.25) is 15.1 Å². The predicted molar refractivity (Wildman–Crippen MR) is 149 cm³/mol. The molecule has 4 rings (SSSR count). The largest absolute Gasteiger partial charge is 0.480 e. The molecule has 7 nitrogen and oxygen atoms in total. The number of benzene rings is 2. The molecule has 0 spiro atoms. The van der Waals surface area contributed by atoms with E-state index in [2.05, 4.69) is 16.0 Å². The van der Waals surface area contributed by atoms with Crippen LogP contribution in [0.5, 0.6) is 0 Å². The SMILES string of the molecule is O=C(Nc1sc(-c2ccccc2)cc1C(=O)NC(C(=O)O)C1CCCCC1)Nc1c(Cl)cc(Cl)cc1Cl. The summed E-state index contributed by atoms with van der Waals surface area (Å²) in [6.45, 7) is 0. The molecule has 0 aliphatic heterocycles. The summed E-state index contributed by atoms with van der Waals surface area (Å²) in [6.07, 6.45) is 4.42. The number of amides is 3. The van der Waals surface area contributed by atoms with Crippen molar-refractivity contribution in [3.63, 3.8) is 0 Å². The van der Waals surface area contributed by atoms with Gasteiger partial charge in [0.1, 0.15) is 11.0 Å². The molecule has 1 heterocycles. The van der Waals surface area contributed by atoms with Crippen molar-refractivity contribution in [2.45, 2.75) is 38.1 Å². The fourth-order valence-corrected chi connectivity index (χ4v) is 6.34. The van der Waals surface area contributed by atoms with Crippen LogP contribution in [0.1, 0.15) is 42.5 Å². The molecule has 1 aliphatic rings. The lowest BCUT2D eigenvalue weighted by atomic mass is 9.84. The Morgan fingerprint density at radius 2 is 1.57 bits per heavy atom. The van der Waals surface area contributed by atoms with Crippen LogP contribution in [0, 0.1) is 5.92 Å². The zero-order chi connectivity index (χ0) is 26.5. The third kappa shape index (κ3) is 6.76. The van der Waals surface area contributed by atoms with Gasteiger partial charge >= 0.3 is 12.0 Å². The van der Waals surface area contributed by atoms with Crippen molar-refractivity contribution in [1.29, 1.82) is 0 Å². The van der Waals surface area contributed by atoms with Crippen LogP contribution in [0.4, 0.5) is 15.5 Å². The Morgan fingerprint density at radius 1 is 0.919 bits per heavy atom. The van der Waals surface area contributed by atoms with Crippen LogP contribution in [0.3, 0.4) is 0 Å². The highest BCUT2D eigenvalue weighted by molar-refractivity contribution is 7.20. The average molecular weight is 581 g/mol. The molecular formula is C26H24Cl3N3O4S. The van der Waals surface area contributed by atoms with Gasteiger partial charge in [-0.2, -0.15) is 0 Å². The van der Waals surface area contributed by atoms with E-state index in [1.54, 1.807) is 6.07 Å². The van der Waals surface area contributed by atoms with Crippen LogP contribution in [0.15, 0.2) is 48.5 Å². The quantitative estimate of drug-likeness (QED) is 0.229. The van der Waals surface area contributed by atoms with E-state index in [1.807, 2.05) is 30.3 Å². The third-order valence-corrected chi connectivity index (χ3v) is 8.10. The van der Waals surface area contributed by atoms with Crippen molar-refractivity contribution in [3.8, 4) is 10.4 Å². The van der Waals surface area contributed by atoms with E-state index in [0.29, 0.717) is 5.02 Å². The zero-order valence-electron chi connectivity index (χ0n) is 19.5. The van der Waals surface area contributed by atoms with Gasteiger partial charge in [-0.25, -0.2) is 9.59 Å². The van der Waals surface area contributed by atoms with Crippen LogP contribution in [-0.2, 0) is 4.79 Å². The van der Waals surface area contributed by atoms with Crippen molar-refractivity contribution in [2.75, 3.05) is 10.6 Å². The fraction of sp³-hybridized carbons (Fsp3) is 0.269. The van der Waals surface area contributed by atoms with E-state index < -0.39 is 23.9 Å². The van der Waals surface area contributed by atoms with E-state index in [4.69, 9.17) is 34.8 Å². The van der Waals surface area contributed by atoms with Gasteiger partial charge in [-0.05, 0) is 42.5 Å². The summed E-state index contributed by atoms with van der Waals surface area (Å²) < 4.78 is 0. The number of carboxylic acids is 1. The van der Waals surface area contributed by atoms with Gasteiger partial charge in [0.25, 0.3) is 5.91 Å². The van der Waals surface area contributed by atoms with Gasteiger partial charge in [0, 0.05) is 9.90 Å². The van der Waals surface area contributed by atoms with Crippen molar-refractivity contribution >= 4 is 74.7 Å². The monoisotopic (exact) mass is 579 g/mol. The molecule has 1 saturated carbocycles. The minimum Gasteiger partial charge on any atom is -0.480 e. The predicted octanol–water partition coefficient (Wildman–Crippen LogP) is 7.78. The molecule has 3 amide bonds. The van der Waals surface area contributed by atoms with Crippen LogP contribution >= 0.6 is 46.1 Å². The second kappa shape index (κ2) is 12.2. The molecule has 0 saturated heterocycles. The number of urea groups is 1. The van der Waals surface area contributed by atoms with E-state index in [1.165, 1.54) is 23.5 Å². The lowest BCUT2D eigenvalue weighted by molar-refractivity contribution is -0.141. The number of anilines is 2. The Morgan fingerprint density at radius 3 is 2.19 bits per heavy atom. The molecule has 2 aromatic carbocycles. The summed E-state index contributed by atoms with van der Waals surface area (Å²) >= 11 is 19.5. The van der Waals surface area contributed by atoms with E-state index in [9.17, 15) is 19.5 Å². The minimum absolute atomic E-state index is 0.142. The number of hydrogen-bond acceptors (Lipinski definition) is 4. The van der Waals surface area contributed by atoms with E-state index in [-0.39, 0.29) is 32.2 Å². The smallest absolute Gasteiger partial charge is 0.326 e. The van der Waals surface area contributed by atoms with Gasteiger partial charge in [-0.1, -0.05) is 84.4 Å². The molecular weight excluding hydrogens is 557 g/mol. The van der Waals surface area contributed by atoms with Crippen molar-refractivity contribution < 1.29 is 19.5 Å². The number of carboxylic acid groups (broad SMARTS) is 1. The third-order valence-electron chi connectivity index (χ3n) is 6.18. The highest BCUT2D eigenvalue weighted by Gasteiger charge is 2.32. The molecule has 1 aliphatic carbocycles. The van der Waals surface area contributed by atoms with Crippen LogP contribution < -0.4 is 16.0 Å². The maximum Gasteiger partial charge on any atom is 0.326 e.